The number of anilines is 3. The normalized spacial score (nSPS) is 12.0. The average molecular weight is 800 g/mol. The monoisotopic (exact) mass is 799 g/mol. The molecule has 0 N–H and O–H groups in total. The van der Waals surface area contributed by atoms with Crippen molar-refractivity contribution in [2.24, 2.45) is 0 Å². The molecule has 0 unspecified atom stereocenters. The molecule has 2 nitrogen and oxygen atoms in total. The number of nitrogens with zero attached hydrogens (tertiary/aromatic N) is 1. The predicted molar refractivity (Wildman–Crippen MR) is 260 cm³/mol. The SMILES string of the molecule is c1ccc2cc(-c3cccc4oc5ccc(N(c6ccc(-c7ccc8c(c7)sc7ccccc78)cc6)c6ccc7c(ccc8c9ccccc9sc78)c6)cc5c34)ccc2c1. The van der Waals surface area contributed by atoms with Gasteiger partial charge in [0.2, 0.25) is 0 Å². The van der Waals surface area contributed by atoms with Crippen LogP contribution in [0.3, 0.4) is 0 Å². The van der Waals surface area contributed by atoms with Crippen molar-refractivity contribution in [2.75, 3.05) is 4.90 Å². The number of furan rings is 1. The molecule has 13 aromatic rings. The largest absolute Gasteiger partial charge is 0.456 e. The molecular formula is C56H33NOS2. The van der Waals surface area contributed by atoms with Gasteiger partial charge in [-0.15, -0.1) is 22.7 Å². The van der Waals surface area contributed by atoms with Gasteiger partial charge < -0.3 is 9.32 Å². The summed E-state index contributed by atoms with van der Waals surface area (Å²) in [6.07, 6.45) is 0. The molecule has 60 heavy (non-hydrogen) atoms. The van der Waals surface area contributed by atoms with Crippen LogP contribution in [0.1, 0.15) is 0 Å². The highest BCUT2D eigenvalue weighted by molar-refractivity contribution is 7.26. The smallest absolute Gasteiger partial charge is 0.136 e. The highest BCUT2D eigenvalue weighted by Gasteiger charge is 2.19. The predicted octanol–water partition coefficient (Wildman–Crippen LogP) is 17.4. The Morgan fingerprint density at radius 3 is 1.87 bits per heavy atom. The molecule has 280 valence electrons. The van der Waals surface area contributed by atoms with Crippen LogP contribution in [0.15, 0.2) is 205 Å². The standard InChI is InChI=1S/C56H33NOS2/c1-2-9-36-30-38(17-16-34(36)8-1)43-12-7-13-51-55(43)49-33-42(25-29-50(49)58-51)57(41-24-28-44-39(31-41)21-27-48-46-11-4-6-15-53(46)60-56(44)48)40-22-18-35(19-23-40)37-20-26-47-45-10-3-5-14-52(45)59-54(47)32-37/h1-33H. The van der Waals surface area contributed by atoms with Crippen molar-refractivity contribution in [3.05, 3.63) is 200 Å². The van der Waals surface area contributed by atoms with Gasteiger partial charge in [-0.1, -0.05) is 127 Å². The number of fused-ring (bicyclic) bond motifs is 12. The van der Waals surface area contributed by atoms with E-state index in [1.807, 2.05) is 22.7 Å². The van der Waals surface area contributed by atoms with Gasteiger partial charge in [0, 0.05) is 68.2 Å². The first-order valence-corrected chi connectivity index (χ1v) is 21.9. The van der Waals surface area contributed by atoms with E-state index in [4.69, 9.17) is 4.42 Å². The molecule has 0 atom stereocenters. The number of hydrogen-bond acceptors (Lipinski definition) is 4. The van der Waals surface area contributed by atoms with Gasteiger partial charge in [-0.3, -0.25) is 0 Å². The Kier molecular flexibility index (Phi) is 7.38. The minimum atomic E-state index is 0.875. The second kappa shape index (κ2) is 13.1. The molecule has 0 spiro atoms. The molecule has 0 radical (unpaired) electrons. The summed E-state index contributed by atoms with van der Waals surface area (Å²) in [5.41, 5.74) is 9.78. The van der Waals surface area contributed by atoms with E-state index < -0.39 is 0 Å². The first-order chi connectivity index (χ1) is 29.7. The first-order valence-electron chi connectivity index (χ1n) is 20.3. The number of thiophene rings is 2. The van der Waals surface area contributed by atoms with Crippen molar-refractivity contribution in [1.82, 2.24) is 0 Å². The lowest BCUT2D eigenvalue weighted by molar-refractivity contribution is 0.669. The van der Waals surface area contributed by atoms with Crippen molar-refractivity contribution in [3.63, 3.8) is 0 Å². The summed E-state index contributed by atoms with van der Waals surface area (Å²) in [6.45, 7) is 0. The highest BCUT2D eigenvalue weighted by Crippen LogP contribution is 2.45. The van der Waals surface area contributed by atoms with Crippen LogP contribution in [0, 0.1) is 0 Å². The second-order valence-corrected chi connectivity index (χ2v) is 17.8. The fourth-order valence-corrected chi connectivity index (χ4v) is 11.7. The van der Waals surface area contributed by atoms with Crippen LogP contribution in [-0.2, 0) is 0 Å². The summed E-state index contributed by atoms with van der Waals surface area (Å²) < 4.78 is 11.9. The van der Waals surface area contributed by atoms with Gasteiger partial charge in [-0.25, -0.2) is 0 Å². The van der Waals surface area contributed by atoms with Gasteiger partial charge in [0.15, 0.2) is 0 Å². The zero-order valence-electron chi connectivity index (χ0n) is 32.2. The van der Waals surface area contributed by atoms with Gasteiger partial charge in [0.25, 0.3) is 0 Å². The van der Waals surface area contributed by atoms with Gasteiger partial charge in [-0.2, -0.15) is 0 Å². The molecule has 3 aromatic heterocycles. The lowest BCUT2D eigenvalue weighted by atomic mass is 9.97. The van der Waals surface area contributed by atoms with E-state index in [-0.39, 0.29) is 0 Å². The van der Waals surface area contributed by atoms with Crippen LogP contribution in [0.5, 0.6) is 0 Å². The summed E-state index contributed by atoms with van der Waals surface area (Å²) in [5, 5.41) is 12.5. The molecule has 0 fully saturated rings. The Morgan fingerprint density at radius 1 is 0.333 bits per heavy atom. The van der Waals surface area contributed by atoms with Crippen LogP contribution >= 0.6 is 22.7 Å². The molecule has 13 rings (SSSR count). The van der Waals surface area contributed by atoms with Crippen LogP contribution in [0.4, 0.5) is 17.1 Å². The van der Waals surface area contributed by atoms with Gasteiger partial charge in [0.05, 0.1) is 0 Å². The lowest BCUT2D eigenvalue weighted by Gasteiger charge is -2.26. The summed E-state index contributed by atoms with van der Waals surface area (Å²) >= 11 is 3.74. The number of hydrogen-bond donors (Lipinski definition) is 0. The van der Waals surface area contributed by atoms with Crippen LogP contribution in [-0.4, -0.2) is 0 Å². The molecule has 0 aliphatic heterocycles. The number of benzene rings is 10. The summed E-state index contributed by atoms with van der Waals surface area (Å²) in [4.78, 5) is 2.39. The van der Waals surface area contributed by atoms with E-state index in [1.54, 1.807) is 0 Å². The third kappa shape index (κ3) is 5.25. The van der Waals surface area contributed by atoms with E-state index in [1.165, 1.54) is 84.1 Å². The maximum absolute atomic E-state index is 6.57. The molecule has 0 aliphatic carbocycles. The minimum absolute atomic E-state index is 0.875. The van der Waals surface area contributed by atoms with E-state index in [9.17, 15) is 0 Å². The van der Waals surface area contributed by atoms with Gasteiger partial charge in [-0.05, 0) is 117 Å². The van der Waals surface area contributed by atoms with Crippen molar-refractivity contribution in [2.45, 2.75) is 0 Å². The fourth-order valence-electron chi connectivity index (χ4n) is 9.34. The maximum Gasteiger partial charge on any atom is 0.136 e. The molecule has 10 aromatic carbocycles. The zero-order valence-corrected chi connectivity index (χ0v) is 33.9. The average Bonchev–Trinajstić information content (AvgIpc) is 4.00. The summed E-state index contributed by atoms with van der Waals surface area (Å²) in [6, 6.07) is 73.3. The Bertz CT molecular complexity index is 3850. The molecule has 0 aliphatic rings. The third-order valence-electron chi connectivity index (χ3n) is 12.2. The van der Waals surface area contributed by atoms with Crippen LogP contribution in [0.25, 0.3) is 106 Å². The van der Waals surface area contributed by atoms with Gasteiger partial charge >= 0.3 is 0 Å². The quantitative estimate of drug-likeness (QED) is 0.172. The van der Waals surface area contributed by atoms with E-state index in [2.05, 4.69) is 205 Å². The minimum Gasteiger partial charge on any atom is -0.456 e. The lowest BCUT2D eigenvalue weighted by Crippen LogP contribution is -2.09. The molecular weight excluding hydrogens is 767 g/mol. The topological polar surface area (TPSA) is 16.4 Å². The highest BCUT2D eigenvalue weighted by atomic mass is 32.1. The Labute approximate surface area is 353 Å². The van der Waals surface area contributed by atoms with E-state index >= 15 is 0 Å². The van der Waals surface area contributed by atoms with Crippen molar-refractivity contribution in [3.8, 4) is 22.3 Å². The van der Waals surface area contributed by atoms with Gasteiger partial charge in [0.1, 0.15) is 11.2 Å². The summed E-state index contributed by atoms with van der Waals surface area (Å²) in [7, 11) is 0. The number of rotatable bonds is 5. The summed E-state index contributed by atoms with van der Waals surface area (Å²) in [5.74, 6) is 0. The van der Waals surface area contributed by atoms with Crippen molar-refractivity contribution >= 4 is 124 Å². The van der Waals surface area contributed by atoms with Crippen molar-refractivity contribution < 1.29 is 4.42 Å². The van der Waals surface area contributed by atoms with E-state index in [0.717, 1.165) is 39.0 Å². The molecule has 0 amide bonds. The van der Waals surface area contributed by atoms with Crippen LogP contribution < -0.4 is 4.90 Å². The first kappa shape index (κ1) is 33.7. The molecule has 4 heteroatoms. The van der Waals surface area contributed by atoms with Crippen LogP contribution in [0.2, 0.25) is 0 Å². The Balaban J connectivity index is 0.978. The van der Waals surface area contributed by atoms with E-state index in [0.29, 0.717) is 0 Å². The Morgan fingerprint density at radius 2 is 0.983 bits per heavy atom. The van der Waals surface area contributed by atoms with Crippen molar-refractivity contribution in [1.29, 1.82) is 0 Å². The fraction of sp³-hybridized carbons (Fsp3) is 0. The zero-order chi connectivity index (χ0) is 39.3. The third-order valence-corrected chi connectivity index (χ3v) is 14.6. The maximum atomic E-state index is 6.57. The molecule has 0 bridgehead atoms. The molecule has 0 saturated heterocycles. The molecule has 0 saturated carbocycles. The second-order valence-electron chi connectivity index (χ2n) is 15.7. The Hall–Kier alpha value is -7.24. The molecule has 3 heterocycles.